The van der Waals surface area contributed by atoms with E-state index in [2.05, 4.69) is 5.32 Å². The van der Waals surface area contributed by atoms with E-state index < -0.39 is 0 Å². The van der Waals surface area contributed by atoms with Crippen molar-refractivity contribution in [1.82, 2.24) is 5.32 Å². The molecule has 1 atom stereocenters. The van der Waals surface area contributed by atoms with Crippen LogP contribution in [0.5, 0.6) is 5.75 Å². The lowest BCUT2D eigenvalue weighted by atomic mass is 9.81. The molecule has 0 saturated carbocycles. The van der Waals surface area contributed by atoms with Crippen LogP contribution >= 0.6 is 0 Å². The SMILES string of the molecule is CC.Oc1ccc(CC2NCCC3=C2CCCC3)cc1. The molecule has 0 amide bonds. The van der Waals surface area contributed by atoms with E-state index >= 15 is 0 Å². The number of rotatable bonds is 2. The zero-order valence-electron chi connectivity index (χ0n) is 12.8. The third-order valence-corrected chi connectivity index (χ3v) is 4.24. The topological polar surface area (TPSA) is 32.3 Å². The Bertz CT molecular complexity index is 443. The lowest BCUT2D eigenvalue weighted by Gasteiger charge is -2.33. The highest BCUT2D eigenvalue weighted by molar-refractivity contribution is 5.31. The van der Waals surface area contributed by atoms with Gasteiger partial charge >= 0.3 is 0 Å². The number of hydrogen-bond donors (Lipinski definition) is 2. The molecule has 1 aromatic rings. The first-order valence-corrected chi connectivity index (χ1v) is 8.05. The fraction of sp³-hybridized carbons (Fsp3) is 0.556. The summed E-state index contributed by atoms with van der Waals surface area (Å²) in [6, 6.07) is 8.17. The van der Waals surface area contributed by atoms with Crippen LogP contribution < -0.4 is 5.32 Å². The first kappa shape index (κ1) is 15.1. The summed E-state index contributed by atoms with van der Waals surface area (Å²) >= 11 is 0. The molecule has 1 unspecified atom stereocenters. The van der Waals surface area contributed by atoms with Crippen molar-refractivity contribution in [1.29, 1.82) is 0 Å². The molecule has 1 aliphatic carbocycles. The first-order valence-electron chi connectivity index (χ1n) is 8.05. The molecule has 0 fully saturated rings. The molecular formula is C18H27NO. The molecule has 0 aromatic heterocycles. The Labute approximate surface area is 122 Å². The molecule has 2 N–H and O–H groups in total. The lowest BCUT2D eigenvalue weighted by Crippen LogP contribution is -2.39. The summed E-state index contributed by atoms with van der Waals surface area (Å²) in [5.41, 5.74) is 4.72. The molecule has 3 rings (SSSR count). The van der Waals surface area contributed by atoms with E-state index in [0.29, 0.717) is 11.8 Å². The van der Waals surface area contributed by atoms with E-state index in [4.69, 9.17) is 0 Å². The van der Waals surface area contributed by atoms with Gasteiger partial charge in [0.2, 0.25) is 0 Å². The summed E-state index contributed by atoms with van der Waals surface area (Å²) in [5.74, 6) is 0.355. The zero-order valence-corrected chi connectivity index (χ0v) is 12.8. The van der Waals surface area contributed by atoms with Gasteiger partial charge in [-0.1, -0.05) is 37.1 Å². The Morgan fingerprint density at radius 3 is 2.50 bits per heavy atom. The van der Waals surface area contributed by atoms with E-state index in [-0.39, 0.29) is 0 Å². The molecule has 1 aliphatic heterocycles. The Kier molecular flexibility index (Phi) is 5.66. The zero-order chi connectivity index (χ0) is 14.4. The molecule has 0 saturated heterocycles. The van der Waals surface area contributed by atoms with Gasteiger partial charge in [0.25, 0.3) is 0 Å². The van der Waals surface area contributed by atoms with Gasteiger partial charge in [-0.25, -0.2) is 0 Å². The summed E-state index contributed by atoms with van der Waals surface area (Å²) < 4.78 is 0. The van der Waals surface area contributed by atoms with E-state index in [1.807, 2.05) is 26.0 Å². The van der Waals surface area contributed by atoms with Gasteiger partial charge in [0.15, 0.2) is 0 Å². The third kappa shape index (κ3) is 3.63. The van der Waals surface area contributed by atoms with Crippen molar-refractivity contribution in [2.24, 2.45) is 0 Å². The van der Waals surface area contributed by atoms with Crippen molar-refractivity contribution in [2.45, 2.75) is 58.4 Å². The summed E-state index contributed by atoms with van der Waals surface area (Å²) in [5, 5.41) is 13.0. The highest BCUT2D eigenvalue weighted by atomic mass is 16.3. The van der Waals surface area contributed by atoms with Gasteiger partial charge in [-0.05, 0) is 62.8 Å². The molecule has 110 valence electrons. The molecule has 1 aromatic carbocycles. The Morgan fingerprint density at radius 2 is 1.75 bits per heavy atom. The van der Waals surface area contributed by atoms with Crippen molar-refractivity contribution in [2.75, 3.05) is 6.54 Å². The molecule has 2 nitrogen and oxygen atoms in total. The maximum atomic E-state index is 9.32. The average Bonchev–Trinajstić information content (AvgIpc) is 2.52. The Hall–Kier alpha value is -1.28. The van der Waals surface area contributed by atoms with Gasteiger partial charge in [-0.3, -0.25) is 0 Å². The van der Waals surface area contributed by atoms with Crippen molar-refractivity contribution >= 4 is 0 Å². The van der Waals surface area contributed by atoms with Crippen LogP contribution in [-0.4, -0.2) is 17.7 Å². The van der Waals surface area contributed by atoms with Crippen LogP contribution in [-0.2, 0) is 6.42 Å². The number of nitrogens with one attached hydrogen (secondary N) is 1. The summed E-state index contributed by atoms with van der Waals surface area (Å²) in [6.07, 6.45) is 7.64. The fourth-order valence-corrected chi connectivity index (χ4v) is 3.28. The standard InChI is InChI=1S/C16H21NO.C2H6/c18-14-7-5-12(6-8-14)11-16-15-4-2-1-3-13(15)9-10-17-16;1-2/h5-8,16-18H,1-4,9-11H2;1-2H3. The van der Waals surface area contributed by atoms with Gasteiger partial charge < -0.3 is 10.4 Å². The van der Waals surface area contributed by atoms with Crippen LogP contribution in [0.1, 0.15) is 51.5 Å². The molecule has 20 heavy (non-hydrogen) atoms. The van der Waals surface area contributed by atoms with Gasteiger partial charge in [-0.15, -0.1) is 0 Å². The van der Waals surface area contributed by atoms with E-state index in [1.165, 1.54) is 37.7 Å². The number of benzene rings is 1. The average molecular weight is 273 g/mol. The highest BCUT2D eigenvalue weighted by Gasteiger charge is 2.24. The van der Waals surface area contributed by atoms with Crippen molar-refractivity contribution in [3.8, 4) is 5.75 Å². The van der Waals surface area contributed by atoms with Crippen LogP contribution in [0.2, 0.25) is 0 Å². The highest BCUT2D eigenvalue weighted by Crippen LogP contribution is 2.32. The van der Waals surface area contributed by atoms with E-state index in [0.717, 1.165) is 13.0 Å². The molecule has 0 bridgehead atoms. The van der Waals surface area contributed by atoms with Crippen LogP contribution in [0.3, 0.4) is 0 Å². The second-order valence-corrected chi connectivity index (χ2v) is 5.46. The first-order chi connectivity index (χ1) is 9.83. The predicted octanol–water partition coefficient (Wildman–Crippen LogP) is 4.19. The maximum absolute atomic E-state index is 9.32. The molecule has 0 spiro atoms. The third-order valence-electron chi connectivity index (χ3n) is 4.24. The fourth-order valence-electron chi connectivity index (χ4n) is 3.28. The summed E-state index contributed by atoms with van der Waals surface area (Å²) in [7, 11) is 0. The summed E-state index contributed by atoms with van der Waals surface area (Å²) in [6.45, 7) is 5.13. The molecule has 2 heteroatoms. The Morgan fingerprint density at radius 1 is 1.05 bits per heavy atom. The number of aromatic hydroxyl groups is 1. The van der Waals surface area contributed by atoms with Gasteiger partial charge in [0.05, 0.1) is 0 Å². The van der Waals surface area contributed by atoms with E-state index in [9.17, 15) is 5.11 Å². The lowest BCUT2D eigenvalue weighted by molar-refractivity contribution is 0.470. The van der Waals surface area contributed by atoms with Crippen LogP contribution in [0.4, 0.5) is 0 Å². The minimum atomic E-state index is 0.355. The van der Waals surface area contributed by atoms with Crippen LogP contribution in [0.25, 0.3) is 0 Å². The summed E-state index contributed by atoms with van der Waals surface area (Å²) in [4.78, 5) is 0. The number of phenols is 1. The number of hydrogen-bond acceptors (Lipinski definition) is 2. The predicted molar refractivity (Wildman–Crippen MR) is 85.1 cm³/mol. The molecular weight excluding hydrogens is 246 g/mol. The largest absolute Gasteiger partial charge is 0.508 e. The van der Waals surface area contributed by atoms with Gasteiger partial charge in [0.1, 0.15) is 5.75 Å². The monoisotopic (exact) mass is 273 g/mol. The van der Waals surface area contributed by atoms with Crippen molar-refractivity contribution in [3.05, 3.63) is 41.0 Å². The second kappa shape index (κ2) is 7.49. The smallest absolute Gasteiger partial charge is 0.115 e. The van der Waals surface area contributed by atoms with Crippen LogP contribution in [0.15, 0.2) is 35.4 Å². The minimum Gasteiger partial charge on any atom is -0.508 e. The minimum absolute atomic E-state index is 0.355. The molecule has 1 heterocycles. The normalized spacial score (nSPS) is 21.8. The van der Waals surface area contributed by atoms with Gasteiger partial charge in [0, 0.05) is 6.04 Å². The van der Waals surface area contributed by atoms with Crippen molar-refractivity contribution in [3.63, 3.8) is 0 Å². The number of phenolic OH excluding ortho intramolecular Hbond substituents is 1. The quantitative estimate of drug-likeness (QED) is 0.792. The maximum Gasteiger partial charge on any atom is 0.115 e. The second-order valence-electron chi connectivity index (χ2n) is 5.46. The van der Waals surface area contributed by atoms with E-state index in [1.54, 1.807) is 23.3 Å². The van der Waals surface area contributed by atoms with Crippen molar-refractivity contribution < 1.29 is 5.11 Å². The van der Waals surface area contributed by atoms with Gasteiger partial charge in [-0.2, -0.15) is 0 Å². The van der Waals surface area contributed by atoms with Crippen LogP contribution in [0, 0.1) is 0 Å². The molecule has 0 radical (unpaired) electrons. The molecule has 2 aliphatic rings. The Balaban J connectivity index is 0.000000704.